The first kappa shape index (κ1) is 10.3. The fraction of sp³-hybridized carbons (Fsp3) is 0.600. The van der Waals surface area contributed by atoms with Gasteiger partial charge in [-0.15, -0.1) is 0 Å². The third-order valence-electron chi connectivity index (χ3n) is 2.09. The fourth-order valence-electron chi connectivity index (χ4n) is 1.46. The third-order valence-corrected chi connectivity index (χ3v) is 2.09. The zero-order chi connectivity index (χ0) is 9.84. The molecule has 1 atom stereocenters. The summed E-state index contributed by atoms with van der Waals surface area (Å²) in [6.07, 6.45) is 0. The Balaban J connectivity index is 2.64. The summed E-state index contributed by atoms with van der Waals surface area (Å²) in [5.41, 5.74) is 1.12. The minimum absolute atomic E-state index is 0.160. The van der Waals surface area contributed by atoms with Crippen molar-refractivity contribution in [2.45, 2.75) is 26.8 Å². The molecule has 0 aliphatic heterocycles. The fourth-order valence-corrected chi connectivity index (χ4v) is 1.46. The normalized spacial score (nSPS) is 13.2. The number of furan rings is 1. The van der Waals surface area contributed by atoms with Crippen LogP contribution in [0, 0.1) is 13.8 Å². The molecule has 1 aromatic rings. The number of rotatable bonds is 4. The van der Waals surface area contributed by atoms with E-state index in [4.69, 9.17) is 4.42 Å². The number of nitrogens with one attached hydrogen (secondary N) is 1. The molecule has 13 heavy (non-hydrogen) atoms. The summed E-state index contributed by atoms with van der Waals surface area (Å²) in [4.78, 5) is 0. The van der Waals surface area contributed by atoms with Crippen molar-refractivity contribution in [2.75, 3.05) is 13.2 Å². The zero-order valence-corrected chi connectivity index (χ0v) is 8.36. The van der Waals surface area contributed by atoms with Crippen LogP contribution in [0.15, 0.2) is 10.5 Å². The van der Waals surface area contributed by atoms with E-state index in [9.17, 15) is 4.39 Å². The molecule has 1 heterocycles. The molecule has 2 nitrogen and oxygen atoms in total. The minimum Gasteiger partial charge on any atom is -0.466 e. The van der Waals surface area contributed by atoms with E-state index in [1.54, 1.807) is 0 Å². The zero-order valence-electron chi connectivity index (χ0n) is 8.36. The highest BCUT2D eigenvalue weighted by atomic mass is 19.1. The van der Waals surface area contributed by atoms with Crippen molar-refractivity contribution in [3.8, 4) is 0 Å². The molecule has 1 unspecified atom stereocenters. The van der Waals surface area contributed by atoms with Gasteiger partial charge in [0, 0.05) is 18.2 Å². The largest absolute Gasteiger partial charge is 0.466 e. The van der Waals surface area contributed by atoms with E-state index in [-0.39, 0.29) is 12.7 Å². The van der Waals surface area contributed by atoms with Gasteiger partial charge in [0.2, 0.25) is 0 Å². The molecule has 0 spiro atoms. The minimum atomic E-state index is -0.333. The van der Waals surface area contributed by atoms with Crippen LogP contribution in [0.1, 0.15) is 30.0 Å². The molecule has 0 aliphatic carbocycles. The topological polar surface area (TPSA) is 25.2 Å². The molecule has 0 amide bonds. The van der Waals surface area contributed by atoms with Gasteiger partial charge in [-0.1, -0.05) is 0 Å². The molecule has 1 N–H and O–H groups in total. The molecular weight excluding hydrogens is 169 g/mol. The van der Waals surface area contributed by atoms with E-state index < -0.39 is 0 Å². The van der Waals surface area contributed by atoms with Crippen molar-refractivity contribution in [3.63, 3.8) is 0 Å². The summed E-state index contributed by atoms with van der Waals surface area (Å²) in [5, 5.41) is 3.07. The van der Waals surface area contributed by atoms with E-state index in [0.29, 0.717) is 6.54 Å². The average Bonchev–Trinajstić information content (AvgIpc) is 2.41. The van der Waals surface area contributed by atoms with E-state index in [2.05, 4.69) is 5.32 Å². The van der Waals surface area contributed by atoms with Crippen LogP contribution >= 0.6 is 0 Å². The Morgan fingerprint density at radius 2 is 2.23 bits per heavy atom. The van der Waals surface area contributed by atoms with Gasteiger partial charge in [0.05, 0.1) is 0 Å². The van der Waals surface area contributed by atoms with Crippen molar-refractivity contribution >= 4 is 0 Å². The van der Waals surface area contributed by atoms with E-state index in [0.717, 1.165) is 17.1 Å². The number of halogens is 1. The number of hydrogen-bond acceptors (Lipinski definition) is 2. The lowest BCUT2D eigenvalue weighted by Gasteiger charge is -2.10. The van der Waals surface area contributed by atoms with Crippen LogP contribution in [0.3, 0.4) is 0 Å². The number of aryl methyl sites for hydroxylation is 2. The standard InChI is InChI=1S/C10H16FNO/c1-7-6-10(9(3)13-7)8(2)12-5-4-11/h6,8,12H,4-5H2,1-3H3. The van der Waals surface area contributed by atoms with Crippen LogP contribution in [0.2, 0.25) is 0 Å². The molecule has 0 bridgehead atoms. The lowest BCUT2D eigenvalue weighted by Crippen LogP contribution is -2.21. The second-order valence-electron chi connectivity index (χ2n) is 3.23. The third kappa shape index (κ3) is 2.56. The quantitative estimate of drug-likeness (QED) is 0.779. The molecule has 0 saturated heterocycles. The van der Waals surface area contributed by atoms with Gasteiger partial charge in [0.25, 0.3) is 0 Å². The van der Waals surface area contributed by atoms with Crippen LogP contribution in [0.5, 0.6) is 0 Å². The Hall–Kier alpha value is -0.830. The van der Waals surface area contributed by atoms with Crippen molar-refractivity contribution < 1.29 is 8.81 Å². The van der Waals surface area contributed by atoms with Crippen molar-refractivity contribution in [1.82, 2.24) is 5.32 Å². The first-order chi connectivity index (χ1) is 6.15. The maximum absolute atomic E-state index is 11.9. The van der Waals surface area contributed by atoms with Crippen LogP contribution < -0.4 is 5.32 Å². The Morgan fingerprint density at radius 3 is 2.69 bits per heavy atom. The first-order valence-electron chi connectivity index (χ1n) is 4.51. The van der Waals surface area contributed by atoms with Crippen molar-refractivity contribution in [2.24, 2.45) is 0 Å². The van der Waals surface area contributed by atoms with Crippen LogP contribution in [-0.2, 0) is 0 Å². The Labute approximate surface area is 78.1 Å². The smallest absolute Gasteiger partial charge is 0.105 e. The molecule has 3 heteroatoms. The molecule has 0 radical (unpaired) electrons. The van der Waals surface area contributed by atoms with Gasteiger partial charge in [-0.2, -0.15) is 0 Å². The highest BCUT2D eigenvalue weighted by Gasteiger charge is 2.11. The lowest BCUT2D eigenvalue weighted by molar-refractivity contribution is 0.439. The number of hydrogen-bond donors (Lipinski definition) is 1. The molecule has 0 aliphatic rings. The molecule has 1 rings (SSSR count). The molecule has 74 valence electrons. The lowest BCUT2D eigenvalue weighted by atomic mass is 10.1. The molecule has 0 aromatic carbocycles. The van der Waals surface area contributed by atoms with Gasteiger partial charge in [-0.05, 0) is 26.8 Å². The highest BCUT2D eigenvalue weighted by molar-refractivity contribution is 5.23. The molecule has 0 saturated carbocycles. The Morgan fingerprint density at radius 1 is 1.54 bits per heavy atom. The molecular formula is C10H16FNO. The Kier molecular flexibility index (Phi) is 3.48. The molecule has 1 aromatic heterocycles. The van der Waals surface area contributed by atoms with E-state index in [1.807, 2.05) is 26.8 Å². The maximum atomic E-state index is 11.9. The summed E-state index contributed by atoms with van der Waals surface area (Å²) in [6, 6.07) is 2.15. The monoisotopic (exact) mass is 185 g/mol. The molecule has 0 fully saturated rings. The van der Waals surface area contributed by atoms with Gasteiger partial charge in [0.15, 0.2) is 0 Å². The predicted molar refractivity (Wildman–Crippen MR) is 50.6 cm³/mol. The van der Waals surface area contributed by atoms with E-state index >= 15 is 0 Å². The predicted octanol–water partition coefficient (Wildman–Crippen LogP) is 2.52. The maximum Gasteiger partial charge on any atom is 0.105 e. The van der Waals surface area contributed by atoms with Gasteiger partial charge in [0.1, 0.15) is 18.2 Å². The SMILES string of the molecule is Cc1cc(C(C)NCCF)c(C)o1. The summed E-state index contributed by atoms with van der Waals surface area (Å²) in [7, 11) is 0. The second kappa shape index (κ2) is 4.42. The number of alkyl halides is 1. The van der Waals surface area contributed by atoms with Gasteiger partial charge < -0.3 is 9.73 Å². The summed E-state index contributed by atoms with van der Waals surface area (Å²) in [6.45, 7) is 5.91. The van der Waals surface area contributed by atoms with Gasteiger partial charge in [-0.3, -0.25) is 0 Å². The van der Waals surface area contributed by atoms with Crippen LogP contribution in [-0.4, -0.2) is 13.2 Å². The van der Waals surface area contributed by atoms with Crippen LogP contribution in [0.4, 0.5) is 4.39 Å². The van der Waals surface area contributed by atoms with E-state index in [1.165, 1.54) is 0 Å². The van der Waals surface area contributed by atoms with Crippen molar-refractivity contribution in [1.29, 1.82) is 0 Å². The van der Waals surface area contributed by atoms with Gasteiger partial charge in [-0.25, -0.2) is 4.39 Å². The highest BCUT2D eigenvalue weighted by Crippen LogP contribution is 2.20. The summed E-state index contributed by atoms with van der Waals surface area (Å²) < 4.78 is 17.3. The second-order valence-corrected chi connectivity index (χ2v) is 3.23. The summed E-state index contributed by atoms with van der Waals surface area (Å²) >= 11 is 0. The summed E-state index contributed by atoms with van der Waals surface area (Å²) in [5.74, 6) is 1.82. The van der Waals surface area contributed by atoms with Gasteiger partial charge >= 0.3 is 0 Å². The Bertz CT molecular complexity index is 270. The van der Waals surface area contributed by atoms with Crippen LogP contribution in [0.25, 0.3) is 0 Å². The average molecular weight is 185 g/mol. The first-order valence-corrected chi connectivity index (χ1v) is 4.51. The van der Waals surface area contributed by atoms with Crippen molar-refractivity contribution in [3.05, 3.63) is 23.2 Å².